The summed E-state index contributed by atoms with van der Waals surface area (Å²) in [6.07, 6.45) is 1.99. The Labute approximate surface area is 111 Å². The molecule has 1 aromatic rings. The molecule has 1 atom stereocenters. The minimum Gasteiger partial charge on any atom is -0.461 e. The molecule has 0 fully saturated rings. The molecule has 0 aliphatic heterocycles. The smallest absolute Gasteiger partial charge is 0.325 e. The Morgan fingerprint density at radius 1 is 1.53 bits per heavy atom. The summed E-state index contributed by atoms with van der Waals surface area (Å²) >= 11 is 0. The SMILES string of the molecule is CC[C@H](C)OC(=O)CNC(=O)c1ccnc(CO)c1. The maximum absolute atomic E-state index is 11.7. The number of aliphatic hydroxyl groups is 1. The number of pyridine rings is 1. The van der Waals surface area contributed by atoms with E-state index in [-0.39, 0.29) is 19.3 Å². The summed E-state index contributed by atoms with van der Waals surface area (Å²) in [5.41, 5.74) is 0.741. The van der Waals surface area contributed by atoms with Gasteiger partial charge < -0.3 is 15.2 Å². The molecule has 1 aromatic heterocycles. The minimum absolute atomic E-state index is 0.161. The first-order chi connectivity index (χ1) is 9.06. The first-order valence-corrected chi connectivity index (χ1v) is 6.10. The van der Waals surface area contributed by atoms with Crippen LogP contribution in [0.2, 0.25) is 0 Å². The first kappa shape index (κ1) is 15.1. The van der Waals surface area contributed by atoms with Gasteiger partial charge in [0.1, 0.15) is 6.54 Å². The van der Waals surface area contributed by atoms with E-state index in [2.05, 4.69) is 10.3 Å². The van der Waals surface area contributed by atoms with Crippen molar-refractivity contribution in [1.82, 2.24) is 10.3 Å². The fourth-order valence-corrected chi connectivity index (χ4v) is 1.31. The standard InChI is InChI=1S/C13H18N2O4/c1-3-9(2)19-12(17)7-15-13(18)10-4-5-14-11(6-10)8-16/h4-6,9,16H,3,7-8H2,1-2H3,(H,15,18)/t9-/m0/s1. The van der Waals surface area contributed by atoms with Crippen LogP contribution in [0.25, 0.3) is 0 Å². The predicted octanol–water partition coefficient (Wildman–Crippen LogP) is 0.645. The monoisotopic (exact) mass is 266 g/mol. The molecule has 0 unspecified atom stereocenters. The van der Waals surface area contributed by atoms with Crippen LogP contribution in [-0.4, -0.2) is 34.6 Å². The first-order valence-electron chi connectivity index (χ1n) is 6.10. The van der Waals surface area contributed by atoms with Crippen molar-refractivity contribution in [2.45, 2.75) is 33.0 Å². The molecule has 0 saturated heterocycles. The Morgan fingerprint density at radius 3 is 2.89 bits per heavy atom. The van der Waals surface area contributed by atoms with Gasteiger partial charge in [0.05, 0.1) is 18.4 Å². The molecule has 104 valence electrons. The number of esters is 1. The molecule has 1 heterocycles. The van der Waals surface area contributed by atoms with Gasteiger partial charge in [0, 0.05) is 11.8 Å². The van der Waals surface area contributed by atoms with E-state index >= 15 is 0 Å². The second kappa shape index (κ2) is 7.48. The highest BCUT2D eigenvalue weighted by Crippen LogP contribution is 2.02. The second-order valence-corrected chi connectivity index (χ2v) is 4.09. The normalized spacial score (nSPS) is 11.7. The Bertz CT molecular complexity index is 448. The Kier molecular flexibility index (Phi) is 5.95. The molecular formula is C13H18N2O4. The number of ether oxygens (including phenoxy) is 1. The number of rotatable bonds is 6. The average molecular weight is 266 g/mol. The van der Waals surface area contributed by atoms with Crippen molar-refractivity contribution < 1.29 is 19.4 Å². The number of aliphatic hydroxyl groups excluding tert-OH is 1. The highest BCUT2D eigenvalue weighted by molar-refractivity contribution is 5.95. The molecular weight excluding hydrogens is 248 g/mol. The van der Waals surface area contributed by atoms with Crippen molar-refractivity contribution in [3.63, 3.8) is 0 Å². The van der Waals surface area contributed by atoms with Crippen molar-refractivity contribution in [3.8, 4) is 0 Å². The summed E-state index contributed by atoms with van der Waals surface area (Å²) in [6.45, 7) is 3.27. The third-order valence-electron chi connectivity index (χ3n) is 2.54. The van der Waals surface area contributed by atoms with Gasteiger partial charge in [0.2, 0.25) is 0 Å². The number of hydrogen-bond donors (Lipinski definition) is 2. The number of nitrogens with zero attached hydrogens (tertiary/aromatic N) is 1. The number of amides is 1. The summed E-state index contributed by atoms with van der Waals surface area (Å²) < 4.78 is 5.02. The highest BCUT2D eigenvalue weighted by atomic mass is 16.5. The molecule has 19 heavy (non-hydrogen) atoms. The number of carbonyl (C=O) groups excluding carboxylic acids is 2. The molecule has 0 bridgehead atoms. The van der Waals surface area contributed by atoms with Crippen LogP contribution >= 0.6 is 0 Å². The maximum atomic E-state index is 11.7. The zero-order chi connectivity index (χ0) is 14.3. The quantitative estimate of drug-likeness (QED) is 0.738. The lowest BCUT2D eigenvalue weighted by molar-refractivity contribution is -0.147. The van der Waals surface area contributed by atoms with E-state index in [0.717, 1.165) is 6.42 Å². The highest BCUT2D eigenvalue weighted by Gasteiger charge is 2.11. The Balaban J connectivity index is 2.48. The lowest BCUT2D eigenvalue weighted by Gasteiger charge is -2.11. The average Bonchev–Trinajstić information content (AvgIpc) is 2.44. The van der Waals surface area contributed by atoms with E-state index in [4.69, 9.17) is 9.84 Å². The summed E-state index contributed by atoms with van der Waals surface area (Å²) in [5.74, 6) is -0.877. The lowest BCUT2D eigenvalue weighted by atomic mass is 10.2. The predicted molar refractivity (Wildman–Crippen MR) is 68.3 cm³/mol. The topological polar surface area (TPSA) is 88.5 Å². The van der Waals surface area contributed by atoms with Crippen LogP contribution in [0, 0.1) is 0 Å². The largest absolute Gasteiger partial charge is 0.461 e. The lowest BCUT2D eigenvalue weighted by Crippen LogP contribution is -2.32. The molecule has 0 aliphatic rings. The third kappa shape index (κ3) is 5.05. The van der Waals surface area contributed by atoms with Crippen LogP contribution in [0.4, 0.5) is 0 Å². The van der Waals surface area contributed by atoms with Gasteiger partial charge in [0.15, 0.2) is 0 Å². The maximum Gasteiger partial charge on any atom is 0.325 e. The number of aromatic nitrogens is 1. The van der Waals surface area contributed by atoms with Crippen LogP contribution in [0.15, 0.2) is 18.3 Å². The van der Waals surface area contributed by atoms with Crippen LogP contribution < -0.4 is 5.32 Å². The third-order valence-corrected chi connectivity index (χ3v) is 2.54. The van der Waals surface area contributed by atoms with E-state index < -0.39 is 11.9 Å². The fourth-order valence-electron chi connectivity index (χ4n) is 1.31. The zero-order valence-electron chi connectivity index (χ0n) is 11.0. The van der Waals surface area contributed by atoms with Crippen LogP contribution in [0.1, 0.15) is 36.3 Å². The van der Waals surface area contributed by atoms with Gasteiger partial charge in [-0.2, -0.15) is 0 Å². The summed E-state index contributed by atoms with van der Waals surface area (Å²) in [5, 5.41) is 11.4. The molecule has 6 heteroatoms. The molecule has 0 spiro atoms. The van der Waals surface area contributed by atoms with Gasteiger partial charge in [-0.25, -0.2) is 0 Å². The van der Waals surface area contributed by atoms with E-state index in [0.29, 0.717) is 11.3 Å². The number of nitrogens with one attached hydrogen (secondary N) is 1. The van der Waals surface area contributed by atoms with Crippen molar-refractivity contribution >= 4 is 11.9 Å². The van der Waals surface area contributed by atoms with Crippen molar-refractivity contribution in [2.75, 3.05) is 6.54 Å². The molecule has 6 nitrogen and oxygen atoms in total. The van der Waals surface area contributed by atoms with Gasteiger partial charge in [-0.1, -0.05) is 6.92 Å². The van der Waals surface area contributed by atoms with Gasteiger partial charge in [-0.15, -0.1) is 0 Å². The van der Waals surface area contributed by atoms with Crippen molar-refractivity contribution in [3.05, 3.63) is 29.6 Å². The Hall–Kier alpha value is -1.95. The van der Waals surface area contributed by atoms with Gasteiger partial charge in [-0.3, -0.25) is 14.6 Å². The summed E-state index contributed by atoms with van der Waals surface area (Å²) in [6, 6.07) is 2.98. The summed E-state index contributed by atoms with van der Waals surface area (Å²) in [7, 11) is 0. The van der Waals surface area contributed by atoms with Gasteiger partial charge in [0.25, 0.3) is 5.91 Å². The summed E-state index contributed by atoms with van der Waals surface area (Å²) in [4.78, 5) is 27.0. The van der Waals surface area contributed by atoms with E-state index in [9.17, 15) is 9.59 Å². The molecule has 0 aliphatic carbocycles. The zero-order valence-corrected chi connectivity index (χ0v) is 11.0. The van der Waals surface area contributed by atoms with Gasteiger partial charge in [-0.05, 0) is 25.5 Å². The van der Waals surface area contributed by atoms with Crippen molar-refractivity contribution in [1.29, 1.82) is 0 Å². The fraction of sp³-hybridized carbons (Fsp3) is 0.462. The number of hydrogen-bond acceptors (Lipinski definition) is 5. The second-order valence-electron chi connectivity index (χ2n) is 4.09. The molecule has 1 amide bonds. The number of carbonyl (C=O) groups is 2. The molecule has 1 rings (SSSR count). The van der Waals surface area contributed by atoms with Crippen LogP contribution in [0.5, 0.6) is 0 Å². The minimum atomic E-state index is -0.473. The van der Waals surface area contributed by atoms with Crippen LogP contribution in [-0.2, 0) is 16.1 Å². The molecule has 0 radical (unpaired) electrons. The van der Waals surface area contributed by atoms with Gasteiger partial charge >= 0.3 is 5.97 Å². The van der Waals surface area contributed by atoms with E-state index in [1.165, 1.54) is 18.3 Å². The van der Waals surface area contributed by atoms with E-state index in [1.54, 1.807) is 6.92 Å². The molecule has 0 saturated carbocycles. The van der Waals surface area contributed by atoms with Crippen molar-refractivity contribution in [2.24, 2.45) is 0 Å². The van der Waals surface area contributed by atoms with Crippen LogP contribution in [0.3, 0.4) is 0 Å². The van der Waals surface area contributed by atoms with E-state index in [1.807, 2.05) is 6.92 Å². The molecule has 0 aromatic carbocycles. The Morgan fingerprint density at radius 2 is 2.26 bits per heavy atom. The molecule has 2 N–H and O–H groups in total.